The zero-order chi connectivity index (χ0) is 17.6. The van der Waals surface area contributed by atoms with Crippen molar-refractivity contribution in [3.05, 3.63) is 18.0 Å². The second-order valence-electron chi connectivity index (χ2n) is 5.26. The molecule has 0 aliphatic carbocycles. The summed E-state index contributed by atoms with van der Waals surface area (Å²) in [6.07, 6.45) is 1.45. The maximum absolute atomic E-state index is 11.1. The maximum atomic E-state index is 11.1. The molecular formula is C15H19N2NaO6S. The molecule has 0 saturated carbocycles. The average Bonchev–Trinajstić information content (AvgIpc) is 2.94. The molecule has 10 heteroatoms. The van der Waals surface area contributed by atoms with Crippen molar-refractivity contribution in [2.75, 3.05) is 39.3 Å². The number of aromatic nitrogens is 1. The van der Waals surface area contributed by atoms with E-state index in [0.717, 1.165) is 0 Å². The van der Waals surface area contributed by atoms with Crippen LogP contribution in [0.2, 0.25) is 0 Å². The number of carbonyl (C=O) groups is 1. The molecular weight excluding hydrogens is 359 g/mol. The first-order valence-electron chi connectivity index (χ1n) is 7.29. The van der Waals surface area contributed by atoms with Crippen molar-refractivity contribution in [1.29, 1.82) is 0 Å². The molecule has 0 amide bonds. The number of rotatable bonds is 9. The van der Waals surface area contributed by atoms with Crippen LogP contribution in [0, 0.1) is 0 Å². The Labute approximate surface area is 172 Å². The van der Waals surface area contributed by atoms with Gasteiger partial charge in [-0.1, -0.05) is 0 Å². The third kappa shape index (κ3) is 6.12. The van der Waals surface area contributed by atoms with Gasteiger partial charge in [-0.3, -0.25) is 4.99 Å². The molecule has 0 unspecified atom stereocenters. The molecule has 1 N–H and O–H groups in total. The molecule has 0 aromatic carbocycles. The molecule has 132 valence electrons. The fraction of sp³-hybridized carbons (Fsp3) is 0.533. The smallest absolute Gasteiger partial charge is 0.547 e. The van der Waals surface area contributed by atoms with Gasteiger partial charge in [-0.05, 0) is 6.92 Å². The van der Waals surface area contributed by atoms with Gasteiger partial charge in [-0.15, -0.1) is 11.8 Å². The molecule has 0 saturated heterocycles. The van der Waals surface area contributed by atoms with Crippen LogP contribution in [0.1, 0.15) is 12.6 Å². The Balaban J connectivity index is 0.00000312. The summed E-state index contributed by atoms with van der Waals surface area (Å²) in [5.74, 6) is -0.750. The van der Waals surface area contributed by atoms with Crippen molar-refractivity contribution in [2.45, 2.75) is 12.5 Å². The molecule has 1 atom stereocenters. The molecule has 2 rings (SSSR count). The summed E-state index contributed by atoms with van der Waals surface area (Å²) in [4.78, 5) is 19.3. The number of nitrogens with zero attached hydrogens (tertiary/aromatic N) is 2. The number of aliphatic imine (C=N–C) groups is 1. The number of carboxylic acid groups (broad SMARTS) is 1. The summed E-state index contributed by atoms with van der Waals surface area (Å²) < 4.78 is 15.5. The van der Waals surface area contributed by atoms with Crippen molar-refractivity contribution in [2.24, 2.45) is 4.99 Å². The van der Waals surface area contributed by atoms with Crippen LogP contribution in [-0.4, -0.2) is 65.9 Å². The van der Waals surface area contributed by atoms with Crippen LogP contribution in [-0.2, 0) is 14.3 Å². The van der Waals surface area contributed by atoms with Gasteiger partial charge in [0.1, 0.15) is 34.4 Å². The normalized spacial score (nSPS) is 19.2. The van der Waals surface area contributed by atoms with Gasteiger partial charge < -0.3 is 29.2 Å². The van der Waals surface area contributed by atoms with E-state index >= 15 is 0 Å². The van der Waals surface area contributed by atoms with E-state index in [1.165, 1.54) is 30.9 Å². The van der Waals surface area contributed by atoms with Crippen LogP contribution < -0.4 is 39.4 Å². The van der Waals surface area contributed by atoms with Crippen LogP contribution in [0.15, 0.2) is 17.3 Å². The van der Waals surface area contributed by atoms with Gasteiger partial charge in [0.05, 0.1) is 32.0 Å². The first-order chi connectivity index (χ1) is 11.5. The monoisotopic (exact) mass is 378 g/mol. The third-order valence-corrected chi connectivity index (χ3v) is 4.52. The summed E-state index contributed by atoms with van der Waals surface area (Å²) in [6.45, 7) is 3.17. The number of aromatic hydroxyl groups is 1. The van der Waals surface area contributed by atoms with E-state index in [2.05, 4.69) is 9.98 Å². The van der Waals surface area contributed by atoms with Gasteiger partial charge in [-0.2, -0.15) is 0 Å². The summed E-state index contributed by atoms with van der Waals surface area (Å²) in [5, 5.41) is 21.6. The van der Waals surface area contributed by atoms with E-state index in [1.807, 2.05) is 0 Å². The first kappa shape index (κ1) is 22.2. The fourth-order valence-electron chi connectivity index (χ4n) is 1.86. The standard InChI is InChI=1S/C15H20N2O6S.Na/c1-15(14(19)20)9-24-13(17-15)12-11(18)7-10(8-16-12)23-6-5-22-4-3-21-2;/h7-8,18H,3-6,9H2,1-2H3,(H,19,20);/q;+1/p-1/t15-;/m1./s1. The number of thioether (sulfide) groups is 1. The molecule has 1 aromatic heterocycles. The number of ether oxygens (including phenoxy) is 3. The Kier molecular flexibility index (Phi) is 9.19. The second-order valence-corrected chi connectivity index (χ2v) is 6.22. The van der Waals surface area contributed by atoms with E-state index in [-0.39, 0.29) is 46.8 Å². The zero-order valence-corrected chi connectivity index (χ0v) is 17.3. The van der Waals surface area contributed by atoms with Crippen LogP contribution in [0.3, 0.4) is 0 Å². The van der Waals surface area contributed by atoms with Crippen LogP contribution in [0.5, 0.6) is 11.5 Å². The Morgan fingerprint density at radius 3 is 2.72 bits per heavy atom. The fourth-order valence-corrected chi connectivity index (χ4v) is 3.02. The molecule has 1 aromatic rings. The molecule has 25 heavy (non-hydrogen) atoms. The quantitative estimate of drug-likeness (QED) is 0.354. The number of hydrogen-bond donors (Lipinski definition) is 1. The first-order valence-corrected chi connectivity index (χ1v) is 8.28. The van der Waals surface area contributed by atoms with Crippen molar-refractivity contribution in [3.63, 3.8) is 0 Å². The molecule has 0 radical (unpaired) electrons. The molecule has 1 aliphatic heterocycles. The summed E-state index contributed by atoms with van der Waals surface area (Å²) in [5.41, 5.74) is -1.07. The number of carboxylic acids is 1. The van der Waals surface area contributed by atoms with Crippen LogP contribution in [0.4, 0.5) is 0 Å². The van der Waals surface area contributed by atoms with E-state index < -0.39 is 11.5 Å². The van der Waals surface area contributed by atoms with Gasteiger partial charge in [0.2, 0.25) is 0 Å². The number of hydrogen-bond acceptors (Lipinski definition) is 9. The Bertz CT molecular complexity index is 630. The topological polar surface area (TPSA) is 113 Å². The van der Waals surface area contributed by atoms with Crippen molar-refractivity contribution < 1.29 is 58.8 Å². The van der Waals surface area contributed by atoms with E-state index in [9.17, 15) is 15.0 Å². The number of methoxy groups -OCH3 is 1. The van der Waals surface area contributed by atoms with Gasteiger partial charge >= 0.3 is 29.6 Å². The minimum atomic E-state index is -1.30. The van der Waals surface area contributed by atoms with Crippen molar-refractivity contribution in [1.82, 2.24) is 4.98 Å². The van der Waals surface area contributed by atoms with E-state index in [0.29, 0.717) is 37.2 Å². The Morgan fingerprint density at radius 2 is 2.12 bits per heavy atom. The molecule has 0 spiro atoms. The summed E-state index contributed by atoms with van der Waals surface area (Å²) in [6, 6.07) is 1.41. The summed E-state index contributed by atoms with van der Waals surface area (Å²) >= 11 is 1.21. The largest absolute Gasteiger partial charge is 1.00 e. The minimum absolute atomic E-state index is 0. The molecule has 1 aliphatic rings. The molecule has 0 bridgehead atoms. The molecule has 2 heterocycles. The van der Waals surface area contributed by atoms with Gasteiger partial charge in [0.25, 0.3) is 0 Å². The van der Waals surface area contributed by atoms with Crippen molar-refractivity contribution in [3.8, 4) is 11.5 Å². The number of pyridine rings is 1. The SMILES string of the molecule is COCCOCCOc1cnc(C2=N[C@@](C)(C(=O)[O-])CS2)c(O)c1.[Na+]. The second kappa shape index (κ2) is 10.3. The number of aliphatic carboxylic acids is 1. The van der Waals surface area contributed by atoms with Crippen LogP contribution >= 0.6 is 11.8 Å². The predicted octanol–water partition coefficient (Wildman–Crippen LogP) is -3.16. The van der Waals surface area contributed by atoms with E-state index in [4.69, 9.17) is 14.2 Å². The van der Waals surface area contributed by atoms with Gasteiger partial charge in [-0.25, -0.2) is 4.98 Å². The van der Waals surface area contributed by atoms with Crippen molar-refractivity contribution >= 4 is 22.8 Å². The van der Waals surface area contributed by atoms with Crippen LogP contribution in [0.25, 0.3) is 0 Å². The molecule has 0 fully saturated rings. The summed E-state index contributed by atoms with van der Waals surface area (Å²) in [7, 11) is 1.60. The minimum Gasteiger partial charge on any atom is -0.547 e. The number of carbonyl (C=O) groups excluding carboxylic acids is 1. The van der Waals surface area contributed by atoms with Gasteiger partial charge in [0.15, 0.2) is 0 Å². The van der Waals surface area contributed by atoms with Gasteiger partial charge in [0, 0.05) is 18.9 Å². The third-order valence-electron chi connectivity index (χ3n) is 3.25. The van der Waals surface area contributed by atoms with E-state index in [1.54, 1.807) is 7.11 Å². The maximum Gasteiger partial charge on any atom is 1.00 e. The Morgan fingerprint density at radius 1 is 1.40 bits per heavy atom. The Hall–Kier alpha value is -0.840. The zero-order valence-electron chi connectivity index (χ0n) is 14.5. The average molecular weight is 378 g/mol. The molecule has 8 nitrogen and oxygen atoms in total. The predicted molar refractivity (Wildman–Crippen MR) is 86.5 cm³/mol.